The molecule has 1 amide bonds. The third-order valence-electron chi connectivity index (χ3n) is 4.42. The zero-order valence-electron chi connectivity index (χ0n) is 17.1. The van der Waals surface area contributed by atoms with E-state index in [1.807, 2.05) is 0 Å². The topological polar surface area (TPSA) is 129 Å². The number of hydrogen-bond donors (Lipinski definition) is 2. The smallest absolute Gasteiger partial charge is 0.416 e. The number of alkyl halides is 3. The quantitative estimate of drug-likeness (QED) is 0.359. The fourth-order valence-corrected chi connectivity index (χ4v) is 2.85. The molecule has 1 aliphatic heterocycles. The summed E-state index contributed by atoms with van der Waals surface area (Å²) in [6.07, 6.45) is -4.77. The molecule has 0 radical (unpaired) electrons. The van der Waals surface area contributed by atoms with Crippen molar-refractivity contribution in [2.75, 3.05) is 30.5 Å². The summed E-state index contributed by atoms with van der Waals surface area (Å²) in [6, 6.07) is 5.39. The normalized spacial score (nSPS) is 13.6. The fraction of sp³-hybridized carbons (Fsp3) is 0.300. The van der Waals surface area contributed by atoms with Crippen molar-refractivity contribution in [1.29, 1.82) is 0 Å². The number of hydrogen-bond acceptors (Lipinski definition) is 8. The molecule has 0 spiro atoms. The summed E-state index contributed by atoms with van der Waals surface area (Å²) >= 11 is 0. The van der Waals surface area contributed by atoms with Crippen LogP contribution in [0.25, 0.3) is 0 Å². The van der Waals surface area contributed by atoms with Crippen LogP contribution in [0.3, 0.4) is 0 Å². The van der Waals surface area contributed by atoms with Gasteiger partial charge in [0.1, 0.15) is 24.9 Å². The number of anilines is 2. The number of fused-ring (bicyclic) bond motifs is 1. The molecule has 2 N–H and O–H groups in total. The number of nitrogens with zero attached hydrogens (tertiary/aromatic N) is 1. The van der Waals surface area contributed by atoms with Gasteiger partial charge in [0, 0.05) is 17.8 Å². The highest BCUT2D eigenvalue weighted by molar-refractivity contribution is 5.93. The molecule has 10 nitrogen and oxygen atoms in total. The molecule has 33 heavy (non-hydrogen) atoms. The van der Waals surface area contributed by atoms with E-state index in [9.17, 15) is 32.9 Å². The van der Waals surface area contributed by atoms with Gasteiger partial charge in [-0.05, 0) is 31.2 Å². The lowest BCUT2D eigenvalue weighted by Crippen LogP contribution is -2.31. The largest absolute Gasteiger partial charge is 0.486 e. The minimum atomic E-state index is -4.77. The molecular weight excluding hydrogens is 451 g/mol. The van der Waals surface area contributed by atoms with Crippen LogP contribution in [-0.4, -0.2) is 42.7 Å². The Morgan fingerprint density at radius 2 is 1.85 bits per heavy atom. The molecular formula is C20H18F3N3O7. The van der Waals surface area contributed by atoms with Crippen LogP contribution in [0, 0.1) is 10.1 Å². The lowest BCUT2D eigenvalue weighted by atomic mass is 10.1. The molecule has 2 aromatic rings. The molecule has 0 unspecified atom stereocenters. The summed E-state index contributed by atoms with van der Waals surface area (Å²) in [4.78, 5) is 34.4. The zero-order chi connectivity index (χ0) is 24.2. The van der Waals surface area contributed by atoms with Crippen LogP contribution in [0.1, 0.15) is 12.5 Å². The lowest BCUT2D eigenvalue weighted by molar-refractivity contribution is -0.384. The summed E-state index contributed by atoms with van der Waals surface area (Å²) in [5, 5.41) is 16.1. The van der Waals surface area contributed by atoms with Gasteiger partial charge in [0.25, 0.3) is 11.6 Å². The van der Waals surface area contributed by atoms with Gasteiger partial charge in [-0.1, -0.05) is 0 Å². The highest BCUT2D eigenvalue weighted by atomic mass is 19.4. The van der Waals surface area contributed by atoms with Crippen LogP contribution in [0.4, 0.5) is 30.2 Å². The van der Waals surface area contributed by atoms with Crippen molar-refractivity contribution < 1.29 is 41.9 Å². The molecule has 2 aromatic carbocycles. The van der Waals surface area contributed by atoms with Gasteiger partial charge >= 0.3 is 12.1 Å². The first-order valence-electron chi connectivity index (χ1n) is 9.53. The van der Waals surface area contributed by atoms with Crippen molar-refractivity contribution in [3.63, 3.8) is 0 Å². The van der Waals surface area contributed by atoms with Crippen LogP contribution in [0.15, 0.2) is 36.4 Å². The van der Waals surface area contributed by atoms with E-state index >= 15 is 0 Å². The number of amides is 1. The molecule has 0 aliphatic carbocycles. The van der Waals surface area contributed by atoms with Gasteiger partial charge in [-0.15, -0.1) is 0 Å². The Hall–Kier alpha value is -4.03. The summed E-state index contributed by atoms with van der Waals surface area (Å²) in [6.45, 7) is 1.40. The summed E-state index contributed by atoms with van der Waals surface area (Å²) in [5.74, 6) is -0.621. The molecule has 1 heterocycles. The lowest BCUT2D eigenvalue weighted by Gasteiger charge is -2.19. The fourth-order valence-electron chi connectivity index (χ4n) is 2.85. The van der Waals surface area contributed by atoms with Crippen LogP contribution >= 0.6 is 0 Å². The van der Waals surface area contributed by atoms with Crippen molar-refractivity contribution in [2.24, 2.45) is 0 Å². The minimum absolute atomic E-state index is 0.307. The van der Waals surface area contributed by atoms with Crippen LogP contribution < -0.4 is 20.1 Å². The van der Waals surface area contributed by atoms with E-state index in [2.05, 4.69) is 10.6 Å². The van der Waals surface area contributed by atoms with E-state index in [1.165, 1.54) is 6.92 Å². The standard InChI is InChI=1S/C20H18F3N3O7/c1-11(24-14-4-2-12(20(21,22)23)8-15(14)26(29)30)19(28)33-10-18(27)25-13-3-5-16-17(9-13)32-7-6-31-16/h2-5,8-9,11,24H,6-7,10H2,1H3,(H,25,27)/t11-/m0/s1. The maximum atomic E-state index is 12.8. The second kappa shape index (κ2) is 9.63. The molecule has 1 atom stereocenters. The van der Waals surface area contributed by atoms with Gasteiger partial charge in [-0.25, -0.2) is 4.79 Å². The predicted molar refractivity (Wildman–Crippen MR) is 108 cm³/mol. The Kier molecular flexibility index (Phi) is 6.89. The van der Waals surface area contributed by atoms with Gasteiger partial charge in [0.2, 0.25) is 0 Å². The number of ether oxygens (including phenoxy) is 3. The Balaban J connectivity index is 1.56. The van der Waals surface area contributed by atoms with Gasteiger partial charge < -0.3 is 24.8 Å². The zero-order valence-corrected chi connectivity index (χ0v) is 17.1. The first kappa shape index (κ1) is 23.6. The third-order valence-corrected chi connectivity index (χ3v) is 4.42. The third kappa shape index (κ3) is 6.02. The Labute approximate surface area is 184 Å². The molecule has 3 rings (SSSR count). The van der Waals surface area contributed by atoms with E-state index in [0.29, 0.717) is 42.5 Å². The van der Waals surface area contributed by atoms with Crippen molar-refractivity contribution >= 4 is 28.9 Å². The second-order valence-electron chi connectivity index (χ2n) is 6.87. The van der Waals surface area contributed by atoms with Gasteiger partial charge in [0.15, 0.2) is 18.1 Å². The van der Waals surface area contributed by atoms with Crippen LogP contribution in [0.2, 0.25) is 0 Å². The first-order chi connectivity index (χ1) is 15.5. The number of halogens is 3. The molecule has 0 aromatic heterocycles. The highest BCUT2D eigenvalue weighted by Crippen LogP contribution is 2.35. The average Bonchev–Trinajstić information content (AvgIpc) is 2.76. The van der Waals surface area contributed by atoms with Crippen molar-refractivity contribution in [3.8, 4) is 11.5 Å². The molecule has 0 saturated carbocycles. The molecule has 0 fully saturated rings. The number of carbonyl (C=O) groups is 2. The molecule has 0 saturated heterocycles. The summed E-state index contributed by atoms with van der Waals surface area (Å²) in [5.41, 5.74) is -1.99. The predicted octanol–water partition coefficient (Wildman–Crippen LogP) is 3.37. The van der Waals surface area contributed by atoms with Crippen molar-refractivity contribution in [3.05, 3.63) is 52.1 Å². The average molecular weight is 469 g/mol. The van der Waals surface area contributed by atoms with E-state index in [-0.39, 0.29) is 5.69 Å². The Bertz CT molecular complexity index is 1080. The van der Waals surface area contributed by atoms with Gasteiger partial charge in [-0.2, -0.15) is 13.2 Å². The maximum absolute atomic E-state index is 12.8. The van der Waals surface area contributed by atoms with Gasteiger partial charge in [-0.3, -0.25) is 14.9 Å². The monoisotopic (exact) mass is 469 g/mol. The maximum Gasteiger partial charge on any atom is 0.416 e. The number of nitrogens with one attached hydrogen (secondary N) is 2. The van der Waals surface area contributed by atoms with E-state index < -0.39 is 46.9 Å². The molecule has 13 heteroatoms. The Morgan fingerprint density at radius 3 is 2.52 bits per heavy atom. The van der Waals surface area contributed by atoms with Crippen LogP contribution in [-0.2, 0) is 20.5 Å². The van der Waals surface area contributed by atoms with E-state index in [4.69, 9.17) is 14.2 Å². The van der Waals surface area contributed by atoms with E-state index in [1.54, 1.807) is 18.2 Å². The SMILES string of the molecule is C[C@H](Nc1ccc(C(F)(F)F)cc1[N+](=O)[O-])C(=O)OCC(=O)Nc1ccc2c(c1)OCCO2. The van der Waals surface area contributed by atoms with Crippen LogP contribution in [0.5, 0.6) is 11.5 Å². The van der Waals surface area contributed by atoms with E-state index in [0.717, 1.165) is 6.07 Å². The molecule has 1 aliphatic rings. The first-order valence-corrected chi connectivity index (χ1v) is 9.53. The number of rotatable bonds is 7. The van der Waals surface area contributed by atoms with Crippen molar-refractivity contribution in [1.82, 2.24) is 0 Å². The number of nitro benzene ring substituents is 1. The number of benzene rings is 2. The highest BCUT2D eigenvalue weighted by Gasteiger charge is 2.33. The summed E-state index contributed by atoms with van der Waals surface area (Å²) in [7, 11) is 0. The van der Waals surface area contributed by atoms with Crippen molar-refractivity contribution in [2.45, 2.75) is 19.1 Å². The molecule has 0 bridgehead atoms. The van der Waals surface area contributed by atoms with Gasteiger partial charge in [0.05, 0.1) is 10.5 Å². The summed E-state index contributed by atoms with van der Waals surface area (Å²) < 4.78 is 54.1. The second-order valence-corrected chi connectivity index (χ2v) is 6.87. The number of esters is 1. The number of nitro groups is 1. The molecule has 176 valence electrons. The number of carbonyl (C=O) groups excluding carboxylic acids is 2. The minimum Gasteiger partial charge on any atom is -0.486 e. The Morgan fingerprint density at radius 1 is 1.15 bits per heavy atom.